The van der Waals surface area contributed by atoms with E-state index in [1.807, 2.05) is 31.2 Å². The smallest absolute Gasteiger partial charge is 0.253 e. The van der Waals surface area contributed by atoms with Gasteiger partial charge in [0.25, 0.3) is 11.8 Å². The number of benzene rings is 1. The second kappa shape index (κ2) is 9.83. The molecule has 0 saturated heterocycles. The molecular weight excluding hydrogens is 350 g/mol. The maximum Gasteiger partial charge on any atom is 0.253 e. The van der Waals surface area contributed by atoms with Gasteiger partial charge in [0.15, 0.2) is 0 Å². The van der Waals surface area contributed by atoms with Gasteiger partial charge in [-0.15, -0.1) is 0 Å². The van der Waals surface area contributed by atoms with Crippen molar-refractivity contribution < 1.29 is 9.59 Å². The van der Waals surface area contributed by atoms with Crippen LogP contribution in [-0.2, 0) is 6.54 Å². The Bertz CT molecular complexity index is 874. The van der Waals surface area contributed by atoms with Crippen LogP contribution in [0.15, 0.2) is 54.4 Å². The lowest BCUT2D eigenvalue weighted by molar-refractivity contribution is 0.0950. The maximum atomic E-state index is 12.4. The largest absolute Gasteiger partial charge is 0.352 e. The summed E-state index contributed by atoms with van der Waals surface area (Å²) >= 11 is 0. The lowest BCUT2D eigenvalue weighted by Gasteiger charge is -2.13. The van der Waals surface area contributed by atoms with Crippen LogP contribution in [0.2, 0.25) is 0 Å². The monoisotopic (exact) mass is 377 g/mol. The molecule has 1 aliphatic rings. The van der Waals surface area contributed by atoms with Crippen LogP contribution in [-0.4, -0.2) is 23.3 Å². The zero-order valence-electron chi connectivity index (χ0n) is 16.3. The molecular formula is C23H27N3O2. The minimum atomic E-state index is -0.240. The molecule has 2 amide bonds. The predicted molar refractivity (Wildman–Crippen MR) is 110 cm³/mol. The zero-order chi connectivity index (χ0) is 19.8. The molecule has 5 nitrogen and oxygen atoms in total. The Morgan fingerprint density at radius 2 is 1.82 bits per heavy atom. The minimum Gasteiger partial charge on any atom is -0.352 e. The van der Waals surface area contributed by atoms with Crippen LogP contribution < -0.4 is 10.6 Å². The summed E-state index contributed by atoms with van der Waals surface area (Å²) in [7, 11) is 0. The summed E-state index contributed by atoms with van der Waals surface area (Å²) in [5, 5.41) is 5.80. The Balaban J connectivity index is 1.52. The van der Waals surface area contributed by atoms with Gasteiger partial charge in [0.05, 0.1) is 11.1 Å². The van der Waals surface area contributed by atoms with Gasteiger partial charge in [0.2, 0.25) is 0 Å². The molecule has 0 unspecified atom stereocenters. The van der Waals surface area contributed by atoms with Crippen molar-refractivity contribution in [2.45, 2.75) is 45.6 Å². The quantitative estimate of drug-likeness (QED) is 0.718. The first kappa shape index (κ1) is 19.8. The van der Waals surface area contributed by atoms with Crippen molar-refractivity contribution in [3.05, 3.63) is 76.6 Å². The molecule has 0 aliphatic heterocycles. The zero-order valence-corrected chi connectivity index (χ0v) is 16.3. The lowest BCUT2D eigenvalue weighted by atomic mass is 9.97. The lowest BCUT2D eigenvalue weighted by Crippen LogP contribution is -2.26. The Hall–Kier alpha value is -2.95. The number of aromatic nitrogens is 1. The minimum absolute atomic E-state index is 0.197. The Morgan fingerprint density at radius 3 is 2.54 bits per heavy atom. The summed E-state index contributed by atoms with van der Waals surface area (Å²) in [4.78, 5) is 28.8. The molecule has 1 aromatic heterocycles. The van der Waals surface area contributed by atoms with Crippen LogP contribution in [0.5, 0.6) is 0 Å². The van der Waals surface area contributed by atoms with E-state index in [2.05, 4.69) is 21.7 Å². The van der Waals surface area contributed by atoms with Crippen LogP contribution in [0, 0.1) is 6.92 Å². The number of rotatable bonds is 7. The summed E-state index contributed by atoms with van der Waals surface area (Å²) < 4.78 is 0. The van der Waals surface area contributed by atoms with Gasteiger partial charge in [0, 0.05) is 25.5 Å². The topological polar surface area (TPSA) is 71.1 Å². The molecule has 1 aromatic carbocycles. The number of carbonyl (C=O) groups excluding carboxylic acids is 2. The number of pyridine rings is 1. The van der Waals surface area contributed by atoms with E-state index in [-0.39, 0.29) is 11.8 Å². The fourth-order valence-corrected chi connectivity index (χ4v) is 3.37. The average molecular weight is 377 g/mol. The van der Waals surface area contributed by atoms with Gasteiger partial charge in [-0.3, -0.25) is 14.6 Å². The van der Waals surface area contributed by atoms with Crippen molar-refractivity contribution in [1.82, 2.24) is 15.6 Å². The van der Waals surface area contributed by atoms with Crippen LogP contribution >= 0.6 is 0 Å². The van der Waals surface area contributed by atoms with Crippen molar-refractivity contribution >= 4 is 11.8 Å². The second-order valence-corrected chi connectivity index (χ2v) is 7.25. The van der Waals surface area contributed by atoms with Gasteiger partial charge in [0.1, 0.15) is 0 Å². The summed E-state index contributed by atoms with van der Waals surface area (Å²) in [5.74, 6) is -0.437. The number of nitrogens with one attached hydrogen (secondary N) is 2. The van der Waals surface area contributed by atoms with E-state index in [0.717, 1.165) is 30.4 Å². The fourth-order valence-electron chi connectivity index (χ4n) is 3.37. The second-order valence-electron chi connectivity index (χ2n) is 7.25. The molecule has 0 bridgehead atoms. The number of hydrogen-bond acceptors (Lipinski definition) is 3. The molecule has 0 atom stereocenters. The van der Waals surface area contributed by atoms with Crippen molar-refractivity contribution in [2.75, 3.05) is 6.54 Å². The molecule has 0 radical (unpaired) electrons. The molecule has 0 saturated carbocycles. The molecule has 3 rings (SSSR count). The van der Waals surface area contributed by atoms with E-state index < -0.39 is 0 Å². The summed E-state index contributed by atoms with van der Waals surface area (Å²) in [6.07, 6.45) is 10.9. The number of aryl methyl sites for hydroxylation is 1. The molecule has 2 aromatic rings. The van der Waals surface area contributed by atoms with Crippen LogP contribution in [0.4, 0.5) is 0 Å². The third-order valence-electron chi connectivity index (χ3n) is 4.91. The molecule has 2 N–H and O–H groups in total. The summed E-state index contributed by atoms with van der Waals surface area (Å²) in [6.45, 7) is 3.06. The first-order valence-corrected chi connectivity index (χ1v) is 9.87. The molecule has 1 aliphatic carbocycles. The highest BCUT2D eigenvalue weighted by atomic mass is 16.2. The van der Waals surface area contributed by atoms with Gasteiger partial charge in [-0.2, -0.15) is 0 Å². The van der Waals surface area contributed by atoms with E-state index in [1.165, 1.54) is 30.8 Å². The van der Waals surface area contributed by atoms with Crippen LogP contribution in [0.25, 0.3) is 0 Å². The molecule has 5 heteroatoms. The fraction of sp³-hybridized carbons (Fsp3) is 0.348. The van der Waals surface area contributed by atoms with E-state index in [0.29, 0.717) is 24.2 Å². The third-order valence-corrected chi connectivity index (χ3v) is 4.91. The number of nitrogens with zero attached hydrogens (tertiary/aromatic N) is 1. The molecule has 0 spiro atoms. The van der Waals surface area contributed by atoms with Crippen LogP contribution in [0.1, 0.15) is 63.9 Å². The Morgan fingerprint density at radius 1 is 1.04 bits per heavy atom. The van der Waals surface area contributed by atoms with Crippen molar-refractivity contribution in [3.63, 3.8) is 0 Å². The Labute approximate surface area is 166 Å². The van der Waals surface area contributed by atoms with E-state index >= 15 is 0 Å². The number of carbonyl (C=O) groups is 2. The maximum absolute atomic E-state index is 12.4. The van der Waals surface area contributed by atoms with Crippen molar-refractivity contribution in [3.8, 4) is 0 Å². The first-order valence-electron chi connectivity index (χ1n) is 9.87. The highest BCUT2D eigenvalue weighted by Gasteiger charge is 2.12. The molecule has 146 valence electrons. The Kier molecular flexibility index (Phi) is 6.95. The highest BCUT2D eigenvalue weighted by molar-refractivity contribution is 5.99. The SMILES string of the molecule is Cc1cccc(CNC(=O)c2cncc(C(=O)NCCC3=CCCCC3)c2)c1. The van der Waals surface area contributed by atoms with Crippen LogP contribution in [0.3, 0.4) is 0 Å². The molecule has 1 heterocycles. The standard InChI is InChI=1S/C23H27N3O2/c1-17-6-5-9-19(12-17)14-26-23(28)21-13-20(15-24-16-21)22(27)25-11-10-18-7-3-2-4-8-18/h5-7,9,12-13,15-16H,2-4,8,10-11,14H2,1H3,(H,25,27)(H,26,28). The van der Waals surface area contributed by atoms with E-state index in [9.17, 15) is 9.59 Å². The van der Waals surface area contributed by atoms with Gasteiger partial charge in [-0.1, -0.05) is 41.5 Å². The summed E-state index contributed by atoms with van der Waals surface area (Å²) in [5.41, 5.74) is 4.40. The van der Waals surface area contributed by atoms with Gasteiger partial charge in [-0.05, 0) is 50.7 Å². The third kappa shape index (κ3) is 5.78. The predicted octanol–water partition coefficient (Wildman–Crippen LogP) is 3.94. The van der Waals surface area contributed by atoms with E-state index in [1.54, 1.807) is 6.07 Å². The van der Waals surface area contributed by atoms with Crippen molar-refractivity contribution in [1.29, 1.82) is 0 Å². The molecule has 28 heavy (non-hydrogen) atoms. The van der Waals surface area contributed by atoms with Gasteiger partial charge >= 0.3 is 0 Å². The van der Waals surface area contributed by atoms with Crippen molar-refractivity contribution in [2.24, 2.45) is 0 Å². The highest BCUT2D eigenvalue weighted by Crippen LogP contribution is 2.19. The van der Waals surface area contributed by atoms with Gasteiger partial charge in [-0.25, -0.2) is 0 Å². The van der Waals surface area contributed by atoms with E-state index in [4.69, 9.17) is 0 Å². The number of allylic oxidation sites excluding steroid dienone is 1. The normalized spacial score (nSPS) is 13.5. The number of amides is 2. The molecule has 0 fully saturated rings. The average Bonchev–Trinajstić information content (AvgIpc) is 2.73. The van der Waals surface area contributed by atoms with Gasteiger partial charge < -0.3 is 10.6 Å². The summed E-state index contributed by atoms with van der Waals surface area (Å²) in [6, 6.07) is 9.57. The first-order chi connectivity index (χ1) is 13.6. The number of hydrogen-bond donors (Lipinski definition) is 2.